The number of hydrogen-bond acceptors (Lipinski definition) is 4. The first-order valence-electron chi connectivity index (χ1n) is 6.70. The normalized spacial score (nSPS) is 10.5. The Bertz CT molecular complexity index is 699. The number of anilines is 1. The number of aryl methyl sites for hydroxylation is 2. The lowest BCUT2D eigenvalue weighted by molar-refractivity contribution is -0.113. The molecule has 0 aliphatic carbocycles. The van der Waals surface area contributed by atoms with E-state index in [-0.39, 0.29) is 5.91 Å². The molecule has 5 nitrogen and oxygen atoms in total. The minimum Gasteiger partial charge on any atom is -0.325 e. The SMILES string of the molecule is C=CCn1c(C)nnc1SCC(=O)Nc1ccc(I)cc1C. The molecule has 116 valence electrons. The molecule has 1 aromatic heterocycles. The van der Waals surface area contributed by atoms with Crippen LogP contribution in [0.5, 0.6) is 0 Å². The minimum absolute atomic E-state index is 0.0554. The summed E-state index contributed by atoms with van der Waals surface area (Å²) in [6.45, 7) is 8.22. The Balaban J connectivity index is 1.97. The molecule has 0 saturated carbocycles. The zero-order chi connectivity index (χ0) is 16.1. The van der Waals surface area contributed by atoms with Gasteiger partial charge in [0, 0.05) is 15.8 Å². The molecule has 1 heterocycles. The summed E-state index contributed by atoms with van der Waals surface area (Å²) in [6, 6.07) is 5.93. The second-order valence-electron chi connectivity index (χ2n) is 4.73. The number of aromatic nitrogens is 3. The first-order valence-corrected chi connectivity index (χ1v) is 8.77. The van der Waals surface area contributed by atoms with Crippen molar-refractivity contribution in [3.05, 3.63) is 45.8 Å². The fraction of sp³-hybridized carbons (Fsp3) is 0.267. The quantitative estimate of drug-likeness (QED) is 0.435. The lowest BCUT2D eigenvalue weighted by Crippen LogP contribution is -2.15. The number of thioether (sulfide) groups is 1. The average Bonchev–Trinajstić information content (AvgIpc) is 2.81. The highest BCUT2D eigenvalue weighted by Crippen LogP contribution is 2.20. The Hall–Kier alpha value is -1.35. The molecule has 0 saturated heterocycles. The Morgan fingerprint density at radius 2 is 2.23 bits per heavy atom. The van der Waals surface area contributed by atoms with E-state index in [1.807, 2.05) is 36.6 Å². The summed E-state index contributed by atoms with van der Waals surface area (Å²) in [5.74, 6) is 1.05. The molecule has 0 fully saturated rings. The van der Waals surface area contributed by atoms with Crippen LogP contribution in [0.2, 0.25) is 0 Å². The Labute approximate surface area is 147 Å². The number of benzene rings is 1. The van der Waals surface area contributed by atoms with Crippen LogP contribution in [-0.4, -0.2) is 26.4 Å². The van der Waals surface area contributed by atoms with Gasteiger partial charge in [-0.05, 0) is 60.2 Å². The second-order valence-corrected chi connectivity index (χ2v) is 6.91. The van der Waals surface area contributed by atoms with Crippen LogP contribution in [0.1, 0.15) is 11.4 Å². The molecule has 0 aliphatic heterocycles. The molecule has 0 aliphatic rings. The van der Waals surface area contributed by atoms with Crippen LogP contribution in [0.4, 0.5) is 5.69 Å². The second kappa shape index (κ2) is 7.77. The van der Waals surface area contributed by atoms with Gasteiger partial charge in [0.25, 0.3) is 0 Å². The summed E-state index contributed by atoms with van der Waals surface area (Å²) in [7, 11) is 0. The van der Waals surface area contributed by atoms with Crippen LogP contribution < -0.4 is 5.32 Å². The number of nitrogens with one attached hydrogen (secondary N) is 1. The summed E-state index contributed by atoms with van der Waals surface area (Å²) < 4.78 is 3.08. The van der Waals surface area contributed by atoms with Crippen molar-refractivity contribution in [2.45, 2.75) is 25.5 Å². The maximum Gasteiger partial charge on any atom is 0.234 e. The van der Waals surface area contributed by atoms with Crippen LogP contribution in [0.25, 0.3) is 0 Å². The van der Waals surface area contributed by atoms with Crippen molar-refractivity contribution >= 4 is 45.9 Å². The Morgan fingerprint density at radius 3 is 2.91 bits per heavy atom. The van der Waals surface area contributed by atoms with Gasteiger partial charge in [0.05, 0.1) is 5.75 Å². The van der Waals surface area contributed by atoms with Crippen LogP contribution in [0, 0.1) is 17.4 Å². The molecule has 0 atom stereocenters. The highest BCUT2D eigenvalue weighted by molar-refractivity contribution is 14.1. The summed E-state index contributed by atoms with van der Waals surface area (Å²) in [6.07, 6.45) is 1.79. The number of halogens is 1. The molecule has 0 spiro atoms. The van der Waals surface area contributed by atoms with E-state index < -0.39 is 0 Å². The molecule has 7 heteroatoms. The predicted octanol–water partition coefficient (Wildman–Crippen LogP) is 3.42. The van der Waals surface area contributed by atoms with Gasteiger partial charge >= 0.3 is 0 Å². The number of carbonyl (C=O) groups excluding carboxylic acids is 1. The van der Waals surface area contributed by atoms with Crippen LogP contribution in [-0.2, 0) is 11.3 Å². The number of allylic oxidation sites excluding steroid dienone is 1. The van der Waals surface area contributed by atoms with E-state index in [2.05, 4.69) is 44.7 Å². The van der Waals surface area contributed by atoms with Crippen molar-refractivity contribution in [3.63, 3.8) is 0 Å². The minimum atomic E-state index is -0.0554. The van der Waals surface area contributed by atoms with Gasteiger partial charge in [-0.15, -0.1) is 16.8 Å². The highest BCUT2D eigenvalue weighted by atomic mass is 127. The molecule has 1 N–H and O–H groups in total. The Morgan fingerprint density at radius 1 is 1.45 bits per heavy atom. The fourth-order valence-corrected chi connectivity index (χ4v) is 3.33. The van der Waals surface area contributed by atoms with E-state index >= 15 is 0 Å². The standard InChI is InChI=1S/C15H17IN4OS/c1-4-7-20-11(3)18-19-15(20)22-9-14(21)17-13-6-5-12(16)8-10(13)2/h4-6,8H,1,7,9H2,2-3H3,(H,17,21). The predicted molar refractivity (Wildman–Crippen MR) is 98.2 cm³/mol. The molecule has 2 aromatic rings. The van der Waals surface area contributed by atoms with Gasteiger partial charge in [0.1, 0.15) is 5.82 Å². The number of hydrogen-bond donors (Lipinski definition) is 1. The first-order chi connectivity index (χ1) is 10.5. The zero-order valence-electron chi connectivity index (χ0n) is 12.5. The van der Waals surface area contributed by atoms with Gasteiger partial charge in [-0.2, -0.15) is 0 Å². The molecule has 0 unspecified atom stereocenters. The van der Waals surface area contributed by atoms with Crippen LogP contribution >= 0.6 is 34.4 Å². The van der Waals surface area contributed by atoms with Gasteiger partial charge in [-0.3, -0.25) is 4.79 Å². The van der Waals surface area contributed by atoms with Gasteiger partial charge in [-0.1, -0.05) is 17.8 Å². The maximum atomic E-state index is 12.1. The van der Waals surface area contributed by atoms with E-state index in [0.29, 0.717) is 12.3 Å². The van der Waals surface area contributed by atoms with Crippen LogP contribution in [0.3, 0.4) is 0 Å². The third-order valence-electron chi connectivity index (χ3n) is 3.01. The number of rotatable bonds is 6. The summed E-state index contributed by atoms with van der Waals surface area (Å²) in [5, 5.41) is 11.8. The fourth-order valence-electron chi connectivity index (χ4n) is 1.89. The monoisotopic (exact) mass is 428 g/mol. The number of nitrogens with zero attached hydrogens (tertiary/aromatic N) is 3. The van der Waals surface area contributed by atoms with Crippen molar-refractivity contribution in [3.8, 4) is 0 Å². The highest BCUT2D eigenvalue weighted by Gasteiger charge is 2.11. The van der Waals surface area contributed by atoms with E-state index in [1.54, 1.807) is 6.08 Å². The molecule has 22 heavy (non-hydrogen) atoms. The first kappa shape index (κ1) is 17.0. The smallest absolute Gasteiger partial charge is 0.234 e. The molecule has 0 radical (unpaired) electrons. The third-order valence-corrected chi connectivity index (χ3v) is 4.65. The van der Waals surface area contributed by atoms with Crippen molar-refractivity contribution in [2.75, 3.05) is 11.1 Å². The van der Waals surface area contributed by atoms with Gasteiger partial charge in [0.2, 0.25) is 5.91 Å². The van der Waals surface area contributed by atoms with Gasteiger partial charge in [-0.25, -0.2) is 0 Å². The van der Waals surface area contributed by atoms with E-state index in [9.17, 15) is 4.79 Å². The van der Waals surface area contributed by atoms with Crippen LogP contribution in [0.15, 0.2) is 36.0 Å². The van der Waals surface area contributed by atoms with E-state index in [1.165, 1.54) is 11.8 Å². The molecule has 0 bridgehead atoms. The molecular weight excluding hydrogens is 411 g/mol. The largest absolute Gasteiger partial charge is 0.325 e. The molecule has 2 rings (SSSR count). The summed E-state index contributed by atoms with van der Waals surface area (Å²) in [5.41, 5.74) is 1.89. The van der Waals surface area contributed by atoms with E-state index in [0.717, 1.165) is 25.8 Å². The Kier molecular flexibility index (Phi) is 6.01. The molecule has 1 aromatic carbocycles. The van der Waals surface area contributed by atoms with Gasteiger partial charge in [0.15, 0.2) is 5.16 Å². The lowest BCUT2D eigenvalue weighted by atomic mass is 10.2. The van der Waals surface area contributed by atoms with Crippen molar-refractivity contribution in [1.29, 1.82) is 0 Å². The summed E-state index contributed by atoms with van der Waals surface area (Å²) in [4.78, 5) is 12.1. The van der Waals surface area contributed by atoms with E-state index in [4.69, 9.17) is 0 Å². The molecular formula is C15H17IN4OS. The average molecular weight is 428 g/mol. The molecule has 1 amide bonds. The topological polar surface area (TPSA) is 59.8 Å². The van der Waals surface area contributed by atoms with Crippen molar-refractivity contribution in [2.24, 2.45) is 0 Å². The van der Waals surface area contributed by atoms with Crippen molar-refractivity contribution < 1.29 is 4.79 Å². The zero-order valence-corrected chi connectivity index (χ0v) is 15.4. The lowest BCUT2D eigenvalue weighted by Gasteiger charge is -2.09. The number of carbonyl (C=O) groups is 1. The third kappa shape index (κ3) is 4.33. The maximum absolute atomic E-state index is 12.1. The number of amides is 1. The van der Waals surface area contributed by atoms with Crippen molar-refractivity contribution in [1.82, 2.24) is 14.8 Å². The van der Waals surface area contributed by atoms with Gasteiger partial charge < -0.3 is 9.88 Å². The summed E-state index contributed by atoms with van der Waals surface area (Å²) >= 11 is 3.62.